The summed E-state index contributed by atoms with van der Waals surface area (Å²) in [5.74, 6) is -0.474. The average Bonchev–Trinajstić information content (AvgIpc) is 2.12. The smallest absolute Gasteiger partial charge is 0.228 e. The minimum Gasteiger partial charge on any atom is -0.228 e. The number of hydrogen-bond donors (Lipinski definition) is 0. The first-order valence-electron chi connectivity index (χ1n) is 3.31. The zero-order chi connectivity index (χ0) is 8.55. The lowest BCUT2D eigenvalue weighted by Crippen LogP contribution is -2.14. The molecule has 1 amide bonds. The minimum atomic E-state index is -0.474. The molecule has 0 saturated heterocycles. The van der Waals surface area contributed by atoms with Crippen LogP contribution in [0.2, 0.25) is 0 Å². The molecule has 1 aliphatic rings. The fourth-order valence-corrected chi connectivity index (χ4v) is 1.00. The van der Waals surface area contributed by atoms with Gasteiger partial charge in [0.05, 0.1) is 0 Å². The summed E-state index contributed by atoms with van der Waals surface area (Å²) in [6.07, 6.45) is 0. The lowest BCUT2D eigenvalue weighted by Gasteiger charge is -1.89. The summed E-state index contributed by atoms with van der Waals surface area (Å²) in [6.45, 7) is 0. The van der Waals surface area contributed by atoms with Crippen molar-refractivity contribution >= 4 is 11.6 Å². The number of carbonyl (C=O) groups excluding carboxylic acids is 1. The Morgan fingerprint density at radius 1 is 1.33 bits per heavy atom. The number of nitrogens with zero attached hydrogens (tertiary/aromatic N) is 3. The molecule has 0 spiro atoms. The molecule has 0 aromatic heterocycles. The van der Waals surface area contributed by atoms with Gasteiger partial charge in [-0.25, -0.2) is 4.79 Å². The second kappa shape index (κ2) is 2.30. The Hall–Kier alpha value is -1.91. The molecule has 0 N–H and O–H groups in total. The van der Waals surface area contributed by atoms with Crippen LogP contribution in [0.15, 0.2) is 29.4 Å². The third-order valence-corrected chi connectivity index (χ3v) is 1.56. The largest absolute Gasteiger partial charge is 0.587 e. The van der Waals surface area contributed by atoms with Gasteiger partial charge in [-0.05, 0) is 12.1 Å². The number of rotatable bonds is 0. The maximum atomic E-state index is 11.0. The van der Waals surface area contributed by atoms with Crippen molar-refractivity contribution < 1.29 is 9.66 Å². The van der Waals surface area contributed by atoms with Crippen LogP contribution in [0.3, 0.4) is 0 Å². The molecule has 1 aromatic rings. The van der Waals surface area contributed by atoms with Crippen molar-refractivity contribution in [2.75, 3.05) is 0 Å². The molecule has 2 rings (SSSR count). The molecule has 1 heterocycles. The molecule has 1 aliphatic heterocycles. The van der Waals surface area contributed by atoms with E-state index in [1.54, 1.807) is 18.2 Å². The van der Waals surface area contributed by atoms with E-state index in [-0.39, 0.29) is 5.69 Å². The molecule has 5 nitrogen and oxygen atoms in total. The zero-order valence-electron chi connectivity index (χ0n) is 5.97. The van der Waals surface area contributed by atoms with Gasteiger partial charge in [-0.3, -0.25) is 0 Å². The van der Waals surface area contributed by atoms with Gasteiger partial charge in [0, 0.05) is 4.91 Å². The maximum absolute atomic E-state index is 11.0. The van der Waals surface area contributed by atoms with Crippen molar-refractivity contribution in [3.8, 4) is 0 Å². The predicted octanol–water partition coefficient (Wildman–Crippen LogP) is 0.954. The molecule has 12 heavy (non-hydrogen) atoms. The first kappa shape index (κ1) is 6.78. The van der Waals surface area contributed by atoms with Crippen LogP contribution in [0.4, 0.5) is 5.69 Å². The van der Waals surface area contributed by atoms with Gasteiger partial charge in [0.1, 0.15) is 5.56 Å². The van der Waals surface area contributed by atoms with Crippen molar-refractivity contribution in [2.24, 2.45) is 5.11 Å². The highest BCUT2D eigenvalue weighted by atomic mass is 16.3. The van der Waals surface area contributed by atoms with E-state index in [0.29, 0.717) is 10.4 Å². The topological polar surface area (TPSA) is 63.6 Å². The van der Waals surface area contributed by atoms with Crippen molar-refractivity contribution in [3.05, 3.63) is 34.7 Å². The number of amides is 1. The van der Waals surface area contributed by atoms with Crippen LogP contribution < -0.4 is 5.22 Å². The highest BCUT2D eigenvalue weighted by molar-refractivity contribution is 5.98. The van der Waals surface area contributed by atoms with Crippen LogP contribution >= 0.6 is 0 Å². The Balaban J connectivity index is 2.69. The number of carbonyl (C=O) groups is 1. The monoisotopic (exact) mass is 162 g/mol. The maximum Gasteiger partial charge on any atom is 0.587 e. The van der Waals surface area contributed by atoms with Crippen molar-refractivity contribution in [1.29, 1.82) is 0 Å². The van der Waals surface area contributed by atoms with Crippen LogP contribution in [0.1, 0.15) is 10.4 Å². The highest BCUT2D eigenvalue weighted by Gasteiger charge is 2.39. The summed E-state index contributed by atoms with van der Waals surface area (Å²) in [5, 5.41) is 6.26. The Morgan fingerprint density at radius 2 is 2.08 bits per heavy atom. The first-order chi connectivity index (χ1) is 5.79. The Kier molecular flexibility index (Phi) is 1.30. The van der Waals surface area contributed by atoms with E-state index in [1.165, 1.54) is 6.07 Å². The van der Waals surface area contributed by atoms with Crippen LogP contribution in [0.5, 0.6) is 0 Å². The summed E-state index contributed by atoms with van der Waals surface area (Å²) in [6, 6.07) is 6.41. The fourth-order valence-electron chi connectivity index (χ4n) is 1.00. The van der Waals surface area contributed by atoms with E-state index >= 15 is 0 Å². The number of hydrogen-bond acceptors (Lipinski definition) is 2. The molecular formula is C7H4N3O2+2. The minimum absolute atomic E-state index is 0.248. The molecule has 57 valence electrons. The van der Waals surface area contributed by atoms with Gasteiger partial charge in [0.2, 0.25) is 0 Å². The van der Waals surface area contributed by atoms with Crippen LogP contribution in [0.25, 0.3) is 0 Å². The molecule has 5 heteroatoms. The van der Waals surface area contributed by atoms with Gasteiger partial charge in [0.15, 0.2) is 0 Å². The van der Waals surface area contributed by atoms with Gasteiger partial charge in [-0.2, -0.15) is 0 Å². The van der Waals surface area contributed by atoms with Gasteiger partial charge >= 0.3 is 21.1 Å². The summed E-state index contributed by atoms with van der Waals surface area (Å²) >= 11 is 0. The lowest BCUT2D eigenvalue weighted by molar-refractivity contribution is -0.513. The van der Waals surface area contributed by atoms with Crippen molar-refractivity contribution in [3.63, 3.8) is 0 Å². The summed E-state index contributed by atoms with van der Waals surface area (Å²) < 4.78 is 0. The summed E-state index contributed by atoms with van der Waals surface area (Å²) in [5.41, 5.74) is 0.542. The molecule has 0 unspecified atom stereocenters. The van der Waals surface area contributed by atoms with Crippen LogP contribution in [-0.4, -0.2) is 10.8 Å². The van der Waals surface area contributed by atoms with Gasteiger partial charge in [-0.1, -0.05) is 12.1 Å². The van der Waals surface area contributed by atoms with Gasteiger partial charge < -0.3 is 0 Å². The third-order valence-electron chi connectivity index (χ3n) is 1.56. The highest BCUT2D eigenvalue weighted by Crippen LogP contribution is 2.20. The summed E-state index contributed by atoms with van der Waals surface area (Å²) in [4.78, 5) is 22.3. The van der Waals surface area contributed by atoms with E-state index in [9.17, 15) is 9.70 Å². The van der Waals surface area contributed by atoms with Gasteiger partial charge in [0.25, 0.3) is 5.69 Å². The number of fused-ring (bicyclic) bond motifs is 1. The lowest BCUT2D eigenvalue weighted by atomic mass is 10.1. The van der Waals surface area contributed by atoms with Crippen LogP contribution in [0, 0.1) is 4.91 Å². The summed E-state index contributed by atoms with van der Waals surface area (Å²) in [7, 11) is 0. The second-order valence-corrected chi connectivity index (χ2v) is 2.28. The third kappa shape index (κ3) is 0.833. The Labute approximate surface area is 67.3 Å². The molecule has 0 fully saturated rings. The number of para-hydroxylation sites is 1. The molecule has 0 atom stereocenters. The molecule has 0 bridgehead atoms. The van der Waals surface area contributed by atoms with E-state index in [0.717, 1.165) is 0 Å². The molecule has 1 radical (unpaired) electrons. The average molecular weight is 162 g/mol. The fraction of sp³-hybridized carbons (Fsp3) is 0. The normalized spacial score (nSPS) is 14.7. The Morgan fingerprint density at radius 3 is 2.83 bits per heavy atom. The second-order valence-electron chi connectivity index (χ2n) is 2.28. The first-order valence-corrected chi connectivity index (χ1v) is 3.31. The predicted molar refractivity (Wildman–Crippen MR) is 38.6 cm³/mol. The van der Waals surface area contributed by atoms with E-state index in [4.69, 9.17) is 0 Å². The van der Waals surface area contributed by atoms with Gasteiger partial charge in [-0.15, -0.1) is 0 Å². The molecule has 1 aromatic carbocycles. The Bertz CT molecular complexity index is 360. The zero-order valence-corrected chi connectivity index (χ0v) is 5.97. The quantitative estimate of drug-likeness (QED) is 0.533. The molecule has 0 saturated carbocycles. The van der Waals surface area contributed by atoms with Crippen molar-refractivity contribution in [1.82, 2.24) is 5.22 Å². The van der Waals surface area contributed by atoms with Crippen molar-refractivity contribution in [2.45, 2.75) is 0 Å². The van der Waals surface area contributed by atoms with E-state index < -0.39 is 5.91 Å². The SMILES string of the molecule is O=C1N=[N+][N+](=O)c2ccccc21. The van der Waals surface area contributed by atoms with E-state index in [1.807, 2.05) is 0 Å². The number of nitroso groups, excluding NO2 is 1. The molecular weight excluding hydrogens is 158 g/mol. The van der Waals surface area contributed by atoms with E-state index in [2.05, 4.69) is 10.3 Å². The standard InChI is InChI=1S/C7H4N3O2/c11-7-5-3-1-2-4-6(5)10(12)9-8-7/h1-4H/q+2. The van der Waals surface area contributed by atoms with Crippen LogP contribution in [-0.2, 0) is 0 Å². The molecule has 0 aliphatic carbocycles. The number of benzene rings is 1.